The van der Waals surface area contributed by atoms with Gasteiger partial charge in [-0.1, -0.05) is 12.1 Å². The molecule has 3 aliphatic heterocycles. The second-order valence-electron chi connectivity index (χ2n) is 12.7. The minimum absolute atomic E-state index is 0.0262. The van der Waals surface area contributed by atoms with Crippen molar-refractivity contribution in [3.05, 3.63) is 102 Å². The van der Waals surface area contributed by atoms with Gasteiger partial charge in [0.2, 0.25) is 11.5 Å². The molecule has 14 nitrogen and oxygen atoms in total. The Labute approximate surface area is 301 Å². The van der Waals surface area contributed by atoms with Crippen molar-refractivity contribution in [1.82, 2.24) is 10.2 Å². The zero-order chi connectivity index (χ0) is 37.1. The molecule has 1 atom stereocenters. The number of nitro benzene ring substituents is 2. The average molecular weight is 715 g/mol. The van der Waals surface area contributed by atoms with E-state index in [-0.39, 0.29) is 47.2 Å². The number of nitrogens with zero attached hydrogens (tertiary/aromatic N) is 3. The molecule has 4 aromatic rings. The first-order valence-electron chi connectivity index (χ1n) is 16.9. The smallest absolute Gasteiger partial charge is 0.318 e. The summed E-state index contributed by atoms with van der Waals surface area (Å²) >= 11 is 0. The maximum atomic E-state index is 12.8. The minimum atomic E-state index is -0.643. The molecule has 6 bridgehead atoms. The summed E-state index contributed by atoms with van der Waals surface area (Å²) in [7, 11) is 9.50. The van der Waals surface area contributed by atoms with Gasteiger partial charge in [0.05, 0.1) is 44.4 Å². The second-order valence-corrected chi connectivity index (χ2v) is 12.7. The highest BCUT2D eigenvalue weighted by atomic mass is 16.6. The normalized spacial score (nSPS) is 15.3. The molecule has 0 aliphatic carbocycles. The Morgan fingerprint density at radius 1 is 0.827 bits per heavy atom. The molecule has 0 amide bonds. The third-order valence-electron chi connectivity index (χ3n) is 9.81. The summed E-state index contributed by atoms with van der Waals surface area (Å²) in [5, 5.41) is 28.5. The van der Waals surface area contributed by atoms with Crippen LogP contribution in [0.3, 0.4) is 0 Å². The number of nitro groups is 2. The fourth-order valence-electron chi connectivity index (χ4n) is 7.15. The van der Waals surface area contributed by atoms with Crippen molar-refractivity contribution >= 4 is 11.4 Å². The van der Waals surface area contributed by atoms with Crippen LogP contribution in [0.2, 0.25) is 0 Å². The van der Waals surface area contributed by atoms with Gasteiger partial charge in [0.15, 0.2) is 28.7 Å². The van der Waals surface area contributed by atoms with Gasteiger partial charge in [-0.25, -0.2) is 0 Å². The fraction of sp³-hybridized carbons (Fsp3) is 0.368. The Balaban J connectivity index is 1.67. The van der Waals surface area contributed by atoms with Gasteiger partial charge in [0.1, 0.15) is 5.75 Å². The third kappa shape index (κ3) is 6.86. The van der Waals surface area contributed by atoms with Gasteiger partial charge < -0.3 is 33.7 Å². The summed E-state index contributed by atoms with van der Waals surface area (Å²) in [6, 6.07) is 13.9. The van der Waals surface area contributed by atoms with Gasteiger partial charge in [-0.05, 0) is 99.8 Å². The number of aryl methyl sites for hydroxylation is 2. The number of hydrogen-bond donors (Lipinski definition) is 1. The number of hydrogen-bond acceptors (Lipinski definition) is 12. The summed E-state index contributed by atoms with van der Waals surface area (Å²) in [4.78, 5) is 26.3. The molecule has 0 saturated heterocycles. The largest absolute Gasteiger partial charge is 0.493 e. The molecule has 0 aromatic heterocycles. The Bertz CT molecular complexity index is 2000. The van der Waals surface area contributed by atoms with Gasteiger partial charge >= 0.3 is 5.69 Å². The van der Waals surface area contributed by atoms with Crippen molar-refractivity contribution in [2.24, 2.45) is 0 Å². The molecule has 0 unspecified atom stereocenters. The standard InChI is InChI=1S/C38H42N4O10/c1-39-15-13-24-18-30(47-3)33-19-23(24)10-7-22-8-11-26(12-9-22)51-32-20-25(28(41(43)44)21-31(32)48-4)17-29-34-27(14-16-40(29)2)35(42(45)46)37(49-5)38(50-6)36(34)52-33/h8-9,11-12,18-21,29,39H,7,10,13-17H2,1-6H3/t29-/m0/s1. The summed E-state index contributed by atoms with van der Waals surface area (Å²) < 4.78 is 36.1. The number of fused-ring (bicyclic) bond motifs is 3. The predicted molar refractivity (Wildman–Crippen MR) is 193 cm³/mol. The predicted octanol–water partition coefficient (Wildman–Crippen LogP) is 6.75. The number of benzene rings is 4. The van der Waals surface area contributed by atoms with Crippen molar-refractivity contribution in [1.29, 1.82) is 0 Å². The van der Waals surface area contributed by atoms with E-state index in [1.54, 1.807) is 13.2 Å². The Kier molecular flexibility index (Phi) is 10.7. The highest BCUT2D eigenvalue weighted by molar-refractivity contribution is 5.73. The highest BCUT2D eigenvalue weighted by Gasteiger charge is 2.41. The van der Waals surface area contributed by atoms with Gasteiger partial charge in [-0.3, -0.25) is 25.1 Å². The van der Waals surface area contributed by atoms with Crippen LogP contribution in [-0.2, 0) is 32.1 Å². The number of methoxy groups -OCH3 is 4. The topological polar surface area (TPSA) is 157 Å². The van der Waals surface area contributed by atoms with Crippen LogP contribution in [0.5, 0.6) is 46.0 Å². The second kappa shape index (κ2) is 15.3. The molecular formula is C38H42N4O10. The van der Waals surface area contributed by atoms with Gasteiger partial charge in [-0.15, -0.1) is 0 Å². The van der Waals surface area contributed by atoms with Crippen molar-refractivity contribution in [2.75, 3.05) is 55.6 Å². The first-order valence-corrected chi connectivity index (χ1v) is 16.9. The zero-order valence-corrected chi connectivity index (χ0v) is 30.1. The summed E-state index contributed by atoms with van der Waals surface area (Å²) in [6.45, 7) is 1.16. The van der Waals surface area contributed by atoms with Gasteiger partial charge in [0, 0.05) is 29.3 Å². The molecule has 0 spiro atoms. The van der Waals surface area contributed by atoms with E-state index in [2.05, 4.69) is 5.32 Å². The lowest BCUT2D eigenvalue weighted by Gasteiger charge is -2.36. The van der Waals surface area contributed by atoms with Crippen molar-refractivity contribution in [3.63, 3.8) is 0 Å². The molecule has 3 heterocycles. The first-order chi connectivity index (χ1) is 25.1. The van der Waals surface area contributed by atoms with E-state index in [4.69, 9.17) is 28.4 Å². The average Bonchev–Trinajstić information content (AvgIpc) is 3.14. The monoisotopic (exact) mass is 714 g/mol. The molecule has 0 saturated carbocycles. The number of rotatable bonds is 9. The van der Waals surface area contributed by atoms with Crippen LogP contribution in [0.15, 0.2) is 48.5 Å². The van der Waals surface area contributed by atoms with Crippen LogP contribution in [-0.4, -0.2) is 70.4 Å². The van der Waals surface area contributed by atoms with E-state index in [9.17, 15) is 20.2 Å². The number of ether oxygens (including phenoxy) is 6. The van der Waals surface area contributed by atoms with E-state index in [1.165, 1.54) is 27.4 Å². The van der Waals surface area contributed by atoms with Crippen LogP contribution < -0.4 is 33.7 Å². The molecule has 274 valence electrons. The molecular weight excluding hydrogens is 672 g/mol. The first kappa shape index (κ1) is 36.2. The Morgan fingerprint density at radius 2 is 1.50 bits per heavy atom. The molecule has 0 fully saturated rings. The van der Waals surface area contributed by atoms with E-state index in [1.807, 2.05) is 55.4 Å². The lowest BCUT2D eigenvalue weighted by molar-refractivity contribution is -0.386. The molecule has 52 heavy (non-hydrogen) atoms. The molecule has 7 rings (SSSR count). The highest BCUT2D eigenvalue weighted by Crippen LogP contribution is 2.56. The molecule has 14 heteroatoms. The lowest BCUT2D eigenvalue weighted by Crippen LogP contribution is -2.34. The molecule has 0 radical (unpaired) electrons. The van der Waals surface area contributed by atoms with Crippen LogP contribution in [0.1, 0.15) is 39.4 Å². The quantitative estimate of drug-likeness (QED) is 0.144. The SMILES string of the molecule is CNCCc1cc(OC)c2cc1CCc1ccc(cc1)Oc1cc(c([N+](=O)[O-])cc1OC)C[C@H]1c3c(c([N+](=O)[O-])c(OC)c(OC)c3O2)CCN1C. The summed E-state index contributed by atoms with van der Waals surface area (Å²) in [6.07, 6.45) is 2.48. The van der Waals surface area contributed by atoms with Crippen LogP contribution in [0.4, 0.5) is 11.4 Å². The molecule has 1 N–H and O–H groups in total. The molecule has 3 aliphatic rings. The van der Waals surface area contributed by atoms with E-state index in [0.29, 0.717) is 59.1 Å². The molecule has 4 aromatic carbocycles. The minimum Gasteiger partial charge on any atom is -0.493 e. The van der Waals surface area contributed by atoms with Crippen molar-refractivity contribution in [3.8, 4) is 46.0 Å². The Hall–Kier alpha value is -5.60. The lowest BCUT2D eigenvalue weighted by atomic mass is 9.86. The van der Waals surface area contributed by atoms with E-state index < -0.39 is 15.9 Å². The van der Waals surface area contributed by atoms with Gasteiger partial charge in [-0.2, -0.15) is 0 Å². The van der Waals surface area contributed by atoms with Crippen molar-refractivity contribution < 1.29 is 38.3 Å². The zero-order valence-electron chi connectivity index (χ0n) is 30.1. The van der Waals surface area contributed by atoms with Crippen LogP contribution in [0, 0.1) is 20.2 Å². The summed E-state index contributed by atoms with van der Waals surface area (Å²) in [5.41, 5.74) is 3.96. The van der Waals surface area contributed by atoms with Crippen LogP contribution in [0.25, 0.3) is 0 Å². The fourth-order valence-corrected chi connectivity index (χ4v) is 7.15. The van der Waals surface area contributed by atoms with E-state index in [0.717, 1.165) is 29.7 Å². The number of likely N-dealkylation sites (N-methyl/N-ethyl adjacent to an activating group) is 2. The Morgan fingerprint density at radius 3 is 2.13 bits per heavy atom. The third-order valence-corrected chi connectivity index (χ3v) is 9.81. The number of nitrogens with one attached hydrogen (secondary N) is 1. The summed E-state index contributed by atoms with van der Waals surface area (Å²) in [5.74, 6) is 2.02. The van der Waals surface area contributed by atoms with Gasteiger partial charge in [0.25, 0.3) is 5.69 Å². The van der Waals surface area contributed by atoms with E-state index >= 15 is 0 Å². The van der Waals surface area contributed by atoms with Crippen molar-refractivity contribution in [2.45, 2.75) is 38.1 Å². The maximum absolute atomic E-state index is 12.8. The maximum Gasteiger partial charge on any atom is 0.318 e. The van der Waals surface area contributed by atoms with Crippen LogP contribution >= 0.6 is 0 Å².